The second-order valence-electron chi connectivity index (χ2n) is 6.66. The number of nitrogens with one attached hydrogen (secondary N) is 1. The van der Waals surface area contributed by atoms with Crippen LogP contribution in [0.4, 0.5) is 0 Å². The number of H-pyrrole nitrogens is 1. The lowest BCUT2D eigenvalue weighted by Crippen LogP contribution is -2.05. The number of nitrogens with zero attached hydrogens (tertiary/aromatic N) is 3. The highest BCUT2D eigenvalue weighted by molar-refractivity contribution is 7.16. The van der Waals surface area contributed by atoms with Gasteiger partial charge in [-0.15, -0.1) is 0 Å². The molecule has 3 aromatic heterocycles. The number of aromatic amines is 1. The number of aldehydes is 1. The zero-order valence-electron chi connectivity index (χ0n) is 13.9. The lowest BCUT2D eigenvalue weighted by atomic mass is 9.90. The summed E-state index contributed by atoms with van der Waals surface area (Å²) in [5.74, 6) is -0.0266. The summed E-state index contributed by atoms with van der Waals surface area (Å²) in [6.45, 7) is 0. The zero-order chi connectivity index (χ0) is 17.7. The Bertz CT molecular complexity index is 1180. The topological polar surface area (TPSA) is 93.3 Å². The molecule has 1 saturated carbocycles. The minimum absolute atomic E-state index is 0.426. The summed E-state index contributed by atoms with van der Waals surface area (Å²) in [6, 6.07) is 5.28. The molecule has 3 heterocycles. The van der Waals surface area contributed by atoms with E-state index in [1.54, 1.807) is 28.0 Å². The summed E-state index contributed by atoms with van der Waals surface area (Å²) >= 11 is 1.56. The second-order valence-corrected chi connectivity index (χ2v) is 7.65. The van der Waals surface area contributed by atoms with Crippen molar-refractivity contribution in [2.75, 3.05) is 0 Å². The van der Waals surface area contributed by atoms with E-state index in [0.717, 1.165) is 34.7 Å². The first-order chi connectivity index (χ1) is 12.7. The van der Waals surface area contributed by atoms with Crippen LogP contribution in [0.2, 0.25) is 0 Å². The molecule has 1 aliphatic rings. The third kappa shape index (κ3) is 2.40. The van der Waals surface area contributed by atoms with E-state index in [-0.39, 0.29) is 0 Å². The molecular weight excluding hydrogens is 352 g/mol. The van der Waals surface area contributed by atoms with E-state index in [4.69, 9.17) is 4.42 Å². The highest BCUT2D eigenvalue weighted by Crippen LogP contribution is 2.36. The molecule has 7 nitrogen and oxygen atoms in total. The first-order valence-electron chi connectivity index (χ1n) is 8.71. The molecule has 0 atom stereocenters. The normalized spacial score (nSPS) is 15.8. The Morgan fingerprint density at radius 3 is 2.92 bits per heavy atom. The summed E-state index contributed by atoms with van der Waals surface area (Å²) in [4.78, 5) is 31.1. The number of aromatic nitrogens is 4. The van der Waals surface area contributed by atoms with Crippen molar-refractivity contribution >= 4 is 33.7 Å². The van der Waals surface area contributed by atoms with Crippen molar-refractivity contribution in [2.24, 2.45) is 0 Å². The molecule has 0 unspecified atom stereocenters. The molecule has 0 amide bonds. The molecular formula is C18H16N4O3S. The molecule has 0 bridgehead atoms. The minimum Gasteiger partial charge on any atom is -0.408 e. The van der Waals surface area contributed by atoms with Crippen molar-refractivity contribution in [3.63, 3.8) is 0 Å². The van der Waals surface area contributed by atoms with Crippen molar-refractivity contribution in [2.45, 2.75) is 38.0 Å². The summed E-state index contributed by atoms with van der Waals surface area (Å²) in [7, 11) is 0. The van der Waals surface area contributed by atoms with E-state index < -0.39 is 5.76 Å². The van der Waals surface area contributed by atoms with Gasteiger partial charge in [0.05, 0.1) is 5.52 Å². The summed E-state index contributed by atoms with van der Waals surface area (Å²) in [5.41, 5.74) is 2.76. The number of hydrogen-bond donors (Lipinski definition) is 1. The van der Waals surface area contributed by atoms with Crippen LogP contribution >= 0.6 is 11.3 Å². The van der Waals surface area contributed by atoms with Crippen LogP contribution in [0.25, 0.3) is 27.3 Å². The predicted octanol–water partition coefficient (Wildman–Crippen LogP) is 3.75. The number of fused-ring (bicyclic) bond motifs is 2. The molecule has 8 heteroatoms. The highest BCUT2D eigenvalue weighted by atomic mass is 32.1. The van der Waals surface area contributed by atoms with Crippen molar-refractivity contribution in [1.29, 1.82) is 0 Å². The van der Waals surface area contributed by atoms with Crippen LogP contribution in [0, 0.1) is 0 Å². The molecule has 0 spiro atoms. The van der Waals surface area contributed by atoms with Gasteiger partial charge in [0.25, 0.3) is 0 Å². The summed E-state index contributed by atoms with van der Waals surface area (Å²) in [6.07, 6.45) is 6.87. The van der Waals surface area contributed by atoms with Gasteiger partial charge in [-0.05, 0) is 25.0 Å². The maximum absolute atomic E-state index is 11.8. The zero-order valence-corrected chi connectivity index (χ0v) is 14.7. The average Bonchev–Trinajstić information content (AvgIpc) is 3.32. The molecule has 1 fully saturated rings. The van der Waals surface area contributed by atoms with Crippen LogP contribution in [0.15, 0.2) is 27.4 Å². The molecule has 1 N–H and O–H groups in total. The third-order valence-corrected chi connectivity index (χ3v) is 6.09. The molecule has 0 aliphatic heterocycles. The van der Waals surface area contributed by atoms with E-state index in [1.165, 1.54) is 19.3 Å². The average molecular weight is 368 g/mol. The fraction of sp³-hybridized carbons (Fsp3) is 0.333. The number of carbonyl (C=O) groups excluding carboxylic acids is 1. The van der Waals surface area contributed by atoms with E-state index in [2.05, 4.69) is 15.1 Å². The Morgan fingerprint density at radius 2 is 2.12 bits per heavy atom. The van der Waals surface area contributed by atoms with Gasteiger partial charge in [-0.3, -0.25) is 9.78 Å². The van der Waals surface area contributed by atoms with Gasteiger partial charge >= 0.3 is 5.76 Å². The van der Waals surface area contributed by atoms with E-state index in [0.29, 0.717) is 28.4 Å². The number of benzene rings is 1. The Balaban J connectivity index is 1.61. The smallest absolute Gasteiger partial charge is 0.408 e. The van der Waals surface area contributed by atoms with Crippen LogP contribution in [0.5, 0.6) is 0 Å². The van der Waals surface area contributed by atoms with Crippen LogP contribution in [0.3, 0.4) is 0 Å². The van der Waals surface area contributed by atoms with E-state index >= 15 is 0 Å². The van der Waals surface area contributed by atoms with Crippen molar-refractivity contribution in [1.82, 2.24) is 19.6 Å². The Hall–Kier alpha value is -2.74. The molecule has 4 aromatic rings. The van der Waals surface area contributed by atoms with Gasteiger partial charge in [0, 0.05) is 11.5 Å². The van der Waals surface area contributed by atoms with Crippen molar-refractivity contribution in [3.05, 3.63) is 39.5 Å². The molecule has 132 valence electrons. The Morgan fingerprint density at radius 1 is 1.27 bits per heavy atom. The van der Waals surface area contributed by atoms with Gasteiger partial charge in [0.2, 0.25) is 4.96 Å². The fourth-order valence-electron chi connectivity index (χ4n) is 3.70. The Labute approximate surface area is 151 Å². The lowest BCUT2D eigenvalue weighted by molar-refractivity contribution is 0.111. The number of carbonyl (C=O) groups is 1. The first-order valence-corrected chi connectivity index (χ1v) is 9.52. The second kappa shape index (κ2) is 5.91. The van der Waals surface area contributed by atoms with Gasteiger partial charge in [-0.2, -0.15) is 9.61 Å². The lowest BCUT2D eigenvalue weighted by Gasteiger charge is -2.18. The third-order valence-electron chi connectivity index (χ3n) is 5.01. The van der Waals surface area contributed by atoms with Crippen molar-refractivity contribution in [3.8, 4) is 11.3 Å². The first kappa shape index (κ1) is 15.5. The van der Waals surface area contributed by atoms with E-state index in [9.17, 15) is 9.59 Å². The number of oxazole rings is 1. The number of hydrogen-bond acceptors (Lipinski definition) is 6. The molecule has 0 radical (unpaired) electrons. The number of imidazole rings is 1. The van der Waals surface area contributed by atoms with Gasteiger partial charge in [0.1, 0.15) is 16.4 Å². The largest absolute Gasteiger partial charge is 0.417 e. The van der Waals surface area contributed by atoms with Crippen LogP contribution in [-0.2, 0) is 0 Å². The highest BCUT2D eigenvalue weighted by Gasteiger charge is 2.23. The maximum Gasteiger partial charge on any atom is 0.417 e. The molecule has 0 saturated heterocycles. The van der Waals surface area contributed by atoms with Crippen molar-refractivity contribution < 1.29 is 9.21 Å². The fourth-order valence-corrected chi connectivity index (χ4v) is 4.78. The van der Waals surface area contributed by atoms with Crippen LogP contribution < -0.4 is 5.76 Å². The molecule has 1 aromatic carbocycles. The molecule has 1 aliphatic carbocycles. The van der Waals surface area contributed by atoms with Gasteiger partial charge in [-0.25, -0.2) is 9.78 Å². The number of rotatable bonds is 3. The standard InChI is InChI=1S/C18H16N4O3S/c23-9-13-15(11-6-7-12-14(8-11)25-18(24)19-12)20-17-22(13)21-16(26-17)10-4-2-1-3-5-10/h6-10H,1-5H2,(H,19,24). The minimum atomic E-state index is -0.502. The van der Waals surface area contributed by atoms with Crippen LogP contribution in [0.1, 0.15) is 53.5 Å². The van der Waals surface area contributed by atoms with Gasteiger partial charge in [-0.1, -0.05) is 36.7 Å². The summed E-state index contributed by atoms with van der Waals surface area (Å²) < 4.78 is 6.76. The Kier molecular flexibility index (Phi) is 3.53. The van der Waals surface area contributed by atoms with Gasteiger partial charge in [0.15, 0.2) is 11.9 Å². The summed E-state index contributed by atoms with van der Waals surface area (Å²) in [5, 5.41) is 5.75. The quantitative estimate of drug-likeness (QED) is 0.556. The SMILES string of the molecule is O=Cc1c(-c2ccc3[nH]c(=O)oc3c2)nc2sc(C3CCCCC3)nn12. The molecule has 26 heavy (non-hydrogen) atoms. The van der Waals surface area contributed by atoms with E-state index in [1.807, 2.05) is 6.07 Å². The molecule has 5 rings (SSSR count). The predicted molar refractivity (Wildman–Crippen MR) is 97.9 cm³/mol. The van der Waals surface area contributed by atoms with Gasteiger partial charge < -0.3 is 4.42 Å². The monoisotopic (exact) mass is 368 g/mol. The maximum atomic E-state index is 11.8. The van der Waals surface area contributed by atoms with Crippen LogP contribution in [-0.4, -0.2) is 25.9 Å².